The molecule has 1 rings (SSSR count). The molecule has 2 atom stereocenters. The lowest BCUT2D eigenvalue weighted by Crippen LogP contribution is -2.59. The Morgan fingerprint density at radius 2 is 2.15 bits per heavy atom. The van der Waals surface area contributed by atoms with Crippen LogP contribution >= 0.6 is 0 Å². The van der Waals surface area contributed by atoms with E-state index >= 15 is 0 Å². The van der Waals surface area contributed by atoms with Crippen LogP contribution in [-0.4, -0.2) is 66.8 Å². The molecular formula is C12H21N3O5. The summed E-state index contributed by atoms with van der Waals surface area (Å²) in [5.74, 6) is -1.41. The second-order valence-electron chi connectivity index (χ2n) is 4.53. The molecule has 1 heterocycles. The highest BCUT2D eigenvalue weighted by Crippen LogP contribution is 2.08. The second-order valence-corrected chi connectivity index (χ2v) is 4.53. The van der Waals surface area contributed by atoms with Crippen molar-refractivity contribution < 1.29 is 24.2 Å². The highest BCUT2D eigenvalue weighted by Gasteiger charge is 2.33. The van der Waals surface area contributed by atoms with Crippen LogP contribution in [0.25, 0.3) is 0 Å². The molecule has 0 spiro atoms. The van der Waals surface area contributed by atoms with E-state index in [0.717, 1.165) is 0 Å². The molecule has 0 aliphatic carbocycles. The summed E-state index contributed by atoms with van der Waals surface area (Å²) >= 11 is 0. The minimum atomic E-state index is -1.08. The van der Waals surface area contributed by atoms with Gasteiger partial charge in [-0.1, -0.05) is 13.3 Å². The van der Waals surface area contributed by atoms with E-state index in [9.17, 15) is 14.4 Å². The smallest absolute Gasteiger partial charge is 0.326 e. The van der Waals surface area contributed by atoms with Gasteiger partial charge in [0.2, 0.25) is 5.91 Å². The Morgan fingerprint density at radius 3 is 2.70 bits per heavy atom. The van der Waals surface area contributed by atoms with Crippen LogP contribution < -0.4 is 10.6 Å². The van der Waals surface area contributed by atoms with Crippen molar-refractivity contribution in [3.63, 3.8) is 0 Å². The minimum absolute atomic E-state index is 0.110. The average Bonchev–Trinajstić information content (AvgIpc) is 2.45. The van der Waals surface area contributed by atoms with Gasteiger partial charge in [-0.15, -0.1) is 0 Å². The molecule has 1 saturated heterocycles. The number of likely N-dealkylation sites (N-methyl/N-ethyl adjacent to an activating group) is 1. The first-order chi connectivity index (χ1) is 9.51. The van der Waals surface area contributed by atoms with Crippen LogP contribution in [0.5, 0.6) is 0 Å². The van der Waals surface area contributed by atoms with E-state index in [1.165, 1.54) is 11.9 Å². The van der Waals surface area contributed by atoms with Crippen LogP contribution in [0.4, 0.5) is 4.79 Å². The normalized spacial score (nSPS) is 20.1. The van der Waals surface area contributed by atoms with Crippen LogP contribution in [-0.2, 0) is 14.3 Å². The summed E-state index contributed by atoms with van der Waals surface area (Å²) in [6.07, 6.45) is 0.981. The monoisotopic (exact) mass is 287 g/mol. The third-order valence-electron chi connectivity index (χ3n) is 3.11. The van der Waals surface area contributed by atoms with Crippen molar-refractivity contribution in [3.8, 4) is 0 Å². The average molecular weight is 287 g/mol. The van der Waals surface area contributed by atoms with Gasteiger partial charge < -0.3 is 25.4 Å². The number of carbonyl (C=O) groups is 3. The van der Waals surface area contributed by atoms with Crippen molar-refractivity contribution in [2.75, 3.05) is 26.8 Å². The first kappa shape index (κ1) is 16.2. The molecule has 1 aliphatic heterocycles. The molecule has 20 heavy (non-hydrogen) atoms. The molecule has 0 aromatic rings. The molecule has 1 aliphatic rings. The van der Waals surface area contributed by atoms with Gasteiger partial charge in [-0.2, -0.15) is 0 Å². The van der Waals surface area contributed by atoms with Gasteiger partial charge in [-0.3, -0.25) is 4.79 Å². The van der Waals surface area contributed by atoms with Crippen molar-refractivity contribution in [3.05, 3.63) is 0 Å². The summed E-state index contributed by atoms with van der Waals surface area (Å²) in [5, 5.41) is 13.9. The van der Waals surface area contributed by atoms with Gasteiger partial charge in [0, 0.05) is 13.6 Å². The molecular weight excluding hydrogens is 266 g/mol. The summed E-state index contributed by atoms with van der Waals surface area (Å²) in [6.45, 7) is 2.53. The number of carboxylic acids is 1. The third kappa shape index (κ3) is 4.09. The Bertz CT molecular complexity index is 374. The lowest BCUT2D eigenvalue weighted by Gasteiger charge is -2.34. The number of morpholine rings is 1. The molecule has 0 aromatic heterocycles. The maximum Gasteiger partial charge on any atom is 0.326 e. The number of nitrogens with zero attached hydrogens (tertiary/aromatic N) is 1. The van der Waals surface area contributed by atoms with Gasteiger partial charge >= 0.3 is 12.0 Å². The summed E-state index contributed by atoms with van der Waals surface area (Å²) in [5.41, 5.74) is 0. The first-order valence-corrected chi connectivity index (χ1v) is 6.60. The molecule has 3 amide bonds. The van der Waals surface area contributed by atoms with Gasteiger partial charge in [-0.05, 0) is 6.42 Å². The molecule has 0 saturated carbocycles. The fourth-order valence-electron chi connectivity index (χ4n) is 2.01. The van der Waals surface area contributed by atoms with E-state index in [1.807, 2.05) is 6.92 Å². The van der Waals surface area contributed by atoms with Crippen molar-refractivity contribution in [1.82, 2.24) is 15.5 Å². The number of carboxylic acid groups (broad SMARTS) is 1. The lowest BCUT2D eigenvalue weighted by atomic mass is 10.1. The van der Waals surface area contributed by atoms with Gasteiger partial charge in [-0.25, -0.2) is 9.59 Å². The fourth-order valence-corrected chi connectivity index (χ4v) is 2.01. The Hall–Kier alpha value is -1.83. The highest BCUT2D eigenvalue weighted by molar-refractivity contribution is 5.89. The molecule has 114 valence electrons. The predicted molar refractivity (Wildman–Crippen MR) is 70.2 cm³/mol. The van der Waals surface area contributed by atoms with E-state index in [-0.39, 0.29) is 19.1 Å². The summed E-state index contributed by atoms with van der Waals surface area (Å²) < 4.78 is 5.19. The first-order valence-electron chi connectivity index (χ1n) is 6.60. The quantitative estimate of drug-likeness (QED) is 0.625. The van der Waals surface area contributed by atoms with Gasteiger partial charge in [0.05, 0.1) is 13.2 Å². The number of hydrogen-bond acceptors (Lipinski definition) is 4. The fraction of sp³-hybridized carbons (Fsp3) is 0.750. The Morgan fingerprint density at radius 1 is 1.45 bits per heavy atom. The molecule has 0 bridgehead atoms. The van der Waals surface area contributed by atoms with E-state index in [1.54, 1.807) is 0 Å². The maximum atomic E-state index is 12.1. The highest BCUT2D eigenvalue weighted by atomic mass is 16.5. The predicted octanol–water partition coefficient (Wildman–Crippen LogP) is -0.604. The molecule has 8 heteroatoms. The topological polar surface area (TPSA) is 108 Å². The van der Waals surface area contributed by atoms with Crippen molar-refractivity contribution in [2.45, 2.75) is 31.8 Å². The SMILES string of the molecule is CCC[C@H](NC(=O)N1CCOCC1C(=O)NC)C(=O)O. The van der Waals surface area contributed by atoms with Gasteiger partial charge in [0.25, 0.3) is 0 Å². The third-order valence-corrected chi connectivity index (χ3v) is 3.11. The van der Waals surface area contributed by atoms with E-state index in [4.69, 9.17) is 9.84 Å². The number of rotatable bonds is 5. The number of ether oxygens (including phenoxy) is 1. The Balaban J connectivity index is 2.71. The van der Waals surface area contributed by atoms with Crippen LogP contribution in [0.1, 0.15) is 19.8 Å². The zero-order valence-electron chi connectivity index (χ0n) is 11.7. The molecule has 1 fully saturated rings. The van der Waals surface area contributed by atoms with Crippen molar-refractivity contribution in [1.29, 1.82) is 0 Å². The van der Waals surface area contributed by atoms with Crippen LogP contribution in [0, 0.1) is 0 Å². The minimum Gasteiger partial charge on any atom is -0.480 e. The zero-order chi connectivity index (χ0) is 15.1. The Kier molecular flexibility index (Phi) is 6.23. The summed E-state index contributed by atoms with van der Waals surface area (Å²) in [4.78, 5) is 36.2. The van der Waals surface area contributed by atoms with Crippen LogP contribution in [0.2, 0.25) is 0 Å². The molecule has 8 nitrogen and oxygen atoms in total. The van der Waals surface area contributed by atoms with E-state index in [0.29, 0.717) is 19.4 Å². The van der Waals surface area contributed by atoms with Crippen molar-refractivity contribution in [2.24, 2.45) is 0 Å². The Labute approximate surface area is 117 Å². The number of urea groups is 1. The standard InChI is InChI=1S/C12H21N3O5/c1-3-4-8(11(17)18)14-12(19)15-5-6-20-7-9(15)10(16)13-2/h8-9H,3-7H2,1-2H3,(H,13,16)(H,14,19)(H,17,18)/t8-,9?/m0/s1. The molecule has 0 aromatic carbocycles. The molecule has 0 radical (unpaired) electrons. The second kappa shape index (κ2) is 7.68. The zero-order valence-corrected chi connectivity index (χ0v) is 11.7. The summed E-state index contributed by atoms with van der Waals surface area (Å²) in [7, 11) is 1.48. The lowest BCUT2D eigenvalue weighted by molar-refractivity contribution is -0.139. The number of carbonyl (C=O) groups excluding carboxylic acids is 2. The van der Waals surface area contributed by atoms with E-state index in [2.05, 4.69) is 10.6 Å². The van der Waals surface area contributed by atoms with Crippen molar-refractivity contribution >= 4 is 17.9 Å². The van der Waals surface area contributed by atoms with Crippen LogP contribution in [0.15, 0.2) is 0 Å². The largest absolute Gasteiger partial charge is 0.480 e. The van der Waals surface area contributed by atoms with Gasteiger partial charge in [0.15, 0.2) is 0 Å². The van der Waals surface area contributed by atoms with E-state index < -0.39 is 24.1 Å². The number of hydrogen-bond donors (Lipinski definition) is 3. The van der Waals surface area contributed by atoms with Crippen LogP contribution in [0.3, 0.4) is 0 Å². The number of aliphatic carboxylic acids is 1. The molecule has 1 unspecified atom stereocenters. The summed E-state index contributed by atoms with van der Waals surface area (Å²) in [6, 6.07) is -2.23. The number of amides is 3. The molecule has 3 N–H and O–H groups in total. The van der Waals surface area contributed by atoms with Gasteiger partial charge in [0.1, 0.15) is 12.1 Å². The number of nitrogens with one attached hydrogen (secondary N) is 2. The maximum absolute atomic E-state index is 12.1.